The average Bonchev–Trinajstić information content (AvgIpc) is 2.42. The van der Waals surface area contributed by atoms with E-state index in [9.17, 15) is 0 Å². The van der Waals surface area contributed by atoms with Crippen LogP contribution in [0.3, 0.4) is 0 Å². The van der Waals surface area contributed by atoms with Gasteiger partial charge in [0.25, 0.3) is 0 Å². The molecule has 0 radical (unpaired) electrons. The number of likely N-dealkylation sites (N-methyl/N-ethyl adjacent to an activating group) is 1. The lowest BCUT2D eigenvalue weighted by Crippen LogP contribution is -2.45. The molecule has 0 bridgehead atoms. The van der Waals surface area contributed by atoms with Crippen molar-refractivity contribution in [2.45, 2.75) is 27.2 Å². The van der Waals surface area contributed by atoms with Gasteiger partial charge < -0.3 is 15.0 Å². The van der Waals surface area contributed by atoms with Gasteiger partial charge in [0.1, 0.15) is 0 Å². The van der Waals surface area contributed by atoms with Gasteiger partial charge in [-0.1, -0.05) is 20.8 Å². The highest BCUT2D eigenvalue weighted by Gasteiger charge is 2.12. The van der Waals surface area contributed by atoms with Crippen molar-refractivity contribution in [1.82, 2.24) is 15.1 Å². The molecule has 0 saturated carbocycles. The Balaban J connectivity index is 0. The molecule has 0 unspecified atom stereocenters. The Bertz CT molecular complexity index is 165. The second kappa shape index (κ2) is 13.3. The van der Waals surface area contributed by atoms with Crippen LogP contribution in [0.25, 0.3) is 0 Å². The van der Waals surface area contributed by atoms with Gasteiger partial charge in [0.15, 0.2) is 0 Å². The second-order valence-electron chi connectivity index (χ2n) is 4.46. The van der Waals surface area contributed by atoms with Crippen LogP contribution in [-0.2, 0) is 4.74 Å². The molecule has 0 amide bonds. The molecule has 112 valence electrons. The van der Waals surface area contributed by atoms with Crippen molar-refractivity contribution in [3.8, 4) is 0 Å². The zero-order valence-electron chi connectivity index (χ0n) is 12.9. The Kier molecular flexibility index (Phi) is 13.2. The van der Waals surface area contributed by atoms with E-state index in [-0.39, 0.29) is 1.43 Å². The minimum atomic E-state index is 0. The zero-order chi connectivity index (χ0) is 13.6. The molecule has 1 rings (SSSR count). The van der Waals surface area contributed by atoms with E-state index in [0.717, 1.165) is 39.3 Å². The number of hydrogen-bond donors (Lipinski definition) is 1. The SMILES string of the molecule is CC.CCNCCCOCCN1CCN(C)CC1.[HH]. The Morgan fingerprint density at radius 1 is 1.11 bits per heavy atom. The Morgan fingerprint density at radius 2 is 1.78 bits per heavy atom. The van der Waals surface area contributed by atoms with Crippen molar-refractivity contribution in [1.29, 1.82) is 0 Å². The van der Waals surface area contributed by atoms with E-state index in [1.807, 2.05) is 13.8 Å². The number of nitrogens with zero attached hydrogens (tertiary/aromatic N) is 2. The maximum atomic E-state index is 5.61. The first kappa shape index (κ1) is 17.8. The minimum absolute atomic E-state index is 0. The first-order chi connectivity index (χ1) is 8.83. The maximum absolute atomic E-state index is 5.61. The highest BCUT2D eigenvalue weighted by Crippen LogP contribution is 1.98. The number of ether oxygens (including phenoxy) is 1. The molecular formula is C14H35N3O. The average molecular weight is 261 g/mol. The van der Waals surface area contributed by atoms with Crippen molar-refractivity contribution >= 4 is 0 Å². The number of nitrogens with one attached hydrogen (secondary N) is 1. The van der Waals surface area contributed by atoms with E-state index in [4.69, 9.17) is 4.74 Å². The molecule has 0 aromatic rings. The molecule has 1 aliphatic rings. The van der Waals surface area contributed by atoms with Crippen molar-refractivity contribution in [3.63, 3.8) is 0 Å². The summed E-state index contributed by atoms with van der Waals surface area (Å²) in [4.78, 5) is 4.87. The Hall–Kier alpha value is -0.160. The van der Waals surface area contributed by atoms with Crippen LogP contribution in [0.5, 0.6) is 0 Å². The van der Waals surface area contributed by atoms with E-state index in [0.29, 0.717) is 0 Å². The Morgan fingerprint density at radius 3 is 2.39 bits per heavy atom. The predicted octanol–water partition coefficient (Wildman–Crippen LogP) is 1.52. The molecule has 0 aromatic heterocycles. The first-order valence-electron chi connectivity index (χ1n) is 7.52. The molecule has 1 aliphatic heterocycles. The summed E-state index contributed by atoms with van der Waals surface area (Å²) in [6.45, 7) is 15.9. The van der Waals surface area contributed by atoms with Crippen molar-refractivity contribution < 1.29 is 6.16 Å². The fourth-order valence-electron chi connectivity index (χ4n) is 1.84. The van der Waals surface area contributed by atoms with Crippen LogP contribution in [-0.4, -0.2) is 75.9 Å². The van der Waals surface area contributed by atoms with Gasteiger partial charge in [-0.25, -0.2) is 0 Å². The van der Waals surface area contributed by atoms with Gasteiger partial charge in [-0.05, 0) is 26.6 Å². The van der Waals surface area contributed by atoms with Crippen molar-refractivity contribution in [2.75, 3.05) is 66.1 Å². The van der Waals surface area contributed by atoms with E-state index in [2.05, 4.69) is 29.1 Å². The summed E-state index contributed by atoms with van der Waals surface area (Å²) < 4.78 is 5.61. The summed E-state index contributed by atoms with van der Waals surface area (Å²) in [5.41, 5.74) is 0. The smallest absolute Gasteiger partial charge is 0.0593 e. The number of hydrogen-bond acceptors (Lipinski definition) is 4. The van der Waals surface area contributed by atoms with Gasteiger partial charge in [0.2, 0.25) is 0 Å². The second-order valence-corrected chi connectivity index (χ2v) is 4.46. The monoisotopic (exact) mass is 261 g/mol. The van der Waals surface area contributed by atoms with E-state index in [1.54, 1.807) is 0 Å². The summed E-state index contributed by atoms with van der Waals surface area (Å²) in [5.74, 6) is 0. The van der Waals surface area contributed by atoms with Crippen LogP contribution < -0.4 is 5.32 Å². The summed E-state index contributed by atoms with van der Waals surface area (Å²) in [6, 6.07) is 0. The fourth-order valence-corrected chi connectivity index (χ4v) is 1.84. The van der Waals surface area contributed by atoms with Gasteiger partial charge in [-0.15, -0.1) is 0 Å². The topological polar surface area (TPSA) is 27.7 Å². The van der Waals surface area contributed by atoms with Gasteiger partial charge >= 0.3 is 0 Å². The predicted molar refractivity (Wildman–Crippen MR) is 81.4 cm³/mol. The van der Waals surface area contributed by atoms with E-state index >= 15 is 0 Å². The zero-order valence-corrected chi connectivity index (χ0v) is 12.9. The molecule has 1 saturated heterocycles. The van der Waals surface area contributed by atoms with E-state index < -0.39 is 0 Å². The molecule has 4 heteroatoms. The molecule has 4 nitrogen and oxygen atoms in total. The van der Waals surface area contributed by atoms with E-state index in [1.165, 1.54) is 26.2 Å². The van der Waals surface area contributed by atoms with Crippen LogP contribution >= 0.6 is 0 Å². The normalized spacial score (nSPS) is 17.3. The fraction of sp³-hybridized carbons (Fsp3) is 1.00. The highest BCUT2D eigenvalue weighted by atomic mass is 16.5. The molecule has 0 aromatic carbocycles. The summed E-state index contributed by atoms with van der Waals surface area (Å²) in [6.07, 6.45) is 1.12. The van der Waals surface area contributed by atoms with Gasteiger partial charge in [0, 0.05) is 40.8 Å². The van der Waals surface area contributed by atoms with Crippen molar-refractivity contribution in [2.24, 2.45) is 0 Å². The maximum Gasteiger partial charge on any atom is 0.0593 e. The number of rotatable bonds is 8. The standard InChI is InChI=1S/C12H27N3O.C2H6.H2/c1-3-13-5-4-11-16-12-10-15-8-6-14(2)7-9-15;1-2;/h13H,3-12H2,1-2H3;1-2H3;1H. The summed E-state index contributed by atoms with van der Waals surface area (Å²) in [7, 11) is 2.19. The Labute approximate surface area is 115 Å². The molecule has 1 N–H and O–H groups in total. The quantitative estimate of drug-likeness (QED) is 0.671. The first-order valence-corrected chi connectivity index (χ1v) is 7.52. The molecule has 0 aliphatic carbocycles. The third-order valence-electron chi connectivity index (χ3n) is 3.04. The minimum Gasteiger partial charge on any atom is -0.380 e. The van der Waals surface area contributed by atoms with Crippen LogP contribution in [0.2, 0.25) is 0 Å². The third kappa shape index (κ3) is 9.83. The highest BCUT2D eigenvalue weighted by molar-refractivity contribution is 4.68. The third-order valence-corrected chi connectivity index (χ3v) is 3.04. The van der Waals surface area contributed by atoms with Crippen LogP contribution in [0.4, 0.5) is 0 Å². The van der Waals surface area contributed by atoms with Crippen LogP contribution in [0.15, 0.2) is 0 Å². The lowest BCUT2D eigenvalue weighted by molar-refractivity contribution is 0.0809. The van der Waals surface area contributed by atoms with Gasteiger partial charge in [-0.2, -0.15) is 0 Å². The molecule has 0 atom stereocenters. The van der Waals surface area contributed by atoms with Gasteiger partial charge in [-0.3, -0.25) is 4.90 Å². The summed E-state index contributed by atoms with van der Waals surface area (Å²) >= 11 is 0. The van der Waals surface area contributed by atoms with Crippen LogP contribution in [0.1, 0.15) is 28.6 Å². The molecule has 1 heterocycles. The lowest BCUT2D eigenvalue weighted by atomic mass is 10.3. The molecule has 18 heavy (non-hydrogen) atoms. The summed E-state index contributed by atoms with van der Waals surface area (Å²) in [5, 5.41) is 3.30. The molecular weight excluding hydrogens is 226 g/mol. The van der Waals surface area contributed by atoms with Crippen molar-refractivity contribution in [3.05, 3.63) is 0 Å². The largest absolute Gasteiger partial charge is 0.380 e. The molecule has 0 spiro atoms. The van der Waals surface area contributed by atoms with Gasteiger partial charge in [0.05, 0.1) is 6.61 Å². The molecule has 1 fully saturated rings. The number of piperazine rings is 1. The lowest BCUT2D eigenvalue weighted by Gasteiger charge is -2.32. The van der Waals surface area contributed by atoms with Crippen LogP contribution in [0, 0.1) is 0 Å².